The van der Waals surface area contributed by atoms with Gasteiger partial charge in [0, 0.05) is 31.9 Å². The summed E-state index contributed by atoms with van der Waals surface area (Å²) in [4.78, 5) is 9.79. The summed E-state index contributed by atoms with van der Waals surface area (Å²) >= 11 is 0. The van der Waals surface area contributed by atoms with E-state index >= 15 is 0 Å². The van der Waals surface area contributed by atoms with E-state index in [1.54, 1.807) is 0 Å². The van der Waals surface area contributed by atoms with E-state index in [0.717, 1.165) is 25.0 Å². The van der Waals surface area contributed by atoms with Crippen molar-refractivity contribution in [1.82, 2.24) is 15.5 Å². The molecule has 156 valence electrons. The lowest BCUT2D eigenvalue weighted by molar-refractivity contribution is 0.214. The Bertz CT molecular complexity index is 615. The first-order chi connectivity index (χ1) is 13.7. The summed E-state index contributed by atoms with van der Waals surface area (Å²) in [5.74, 6) is 1.77. The zero-order valence-corrected chi connectivity index (χ0v) is 18.1. The zero-order valence-electron chi connectivity index (χ0n) is 18.1. The average Bonchev–Trinajstić information content (AvgIpc) is 3.24. The smallest absolute Gasteiger partial charge is 0.191 e. The van der Waals surface area contributed by atoms with Crippen molar-refractivity contribution in [2.45, 2.75) is 52.0 Å². The first kappa shape index (κ1) is 21.0. The number of benzene rings is 1. The Morgan fingerprint density at radius 3 is 2.64 bits per heavy atom. The van der Waals surface area contributed by atoms with E-state index < -0.39 is 0 Å². The maximum absolute atomic E-state index is 4.86. The summed E-state index contributed by atoms with van der Waals surface area (Å²) in [6.07, 6.45) is 6.45. The molecule has 2 saturated heterocycles. The number of nitrogens with one attached hydrogen (secondary N) is 2. The molecule has 0 amide bonds. The molecule has 2 aliphatic rings. The Kier molecular flexibility index (Phi) is 8.01. The summed E-state index contributed by atoms with van der Waals surface area (Å²) in [6.45, 7) is 11.0. The second kappa shape index (κ2) is 10.7. The molecule has 1 aromatic rings. The van der Waals surface area contributed by atoms with Crippen molar-refractivity contribution in [3.05, 3.63) is 29.8 Å². The Labute approximate surface area is 171 Å². The highest BCUT2D eigenvalue weighted by Gasteiger charge is 2.17. The quantitative estimate of drug-likeness (QED) is 0.556. The van der Waals surface area contributed by atoms with Gasteiger partial charge in [-0.25, -0.2) is 0 Å². The van der Waals surface area contributed by atoms with E-state index in [4.69, 9.17) is 4.99 Å². The van der Waals surface area contributed by atoms with Crippen LogP contribution < -0.4 is 15.5 Å². The van der Waals surface area contributed by atoms with Gasteiger partial charge in [0.05, 0.1) is 6.04 Å². The molecule has 5 nitrogen and oxygen atoms in total. The minimum Gasteiger partial charge on any atom is -0.372 e. The molecule has 2 heterocycles. The van der Waals surface area contributed by atoms with E-state index in [0.29, 0.717) is 0 Å². The van der Waals surface area contributed by atoms with Gasteiger partial charge < -0.3 is 20.4 Å². The van der Waals surface area contributed by atoms with Gasteiger partial charge in [0.1, 0.15) is 0 Å². The third kappa shape index (κ3) is 6.13. The molecule has 0 aromatic heterocycles. The second-order valence-corrected chi connectivity index (χ2v) is 8.45. The second-order valence-electron chi connectivity index (χ2n) is 8.45. The average molecular weight is 386 g/mol. The van der Waals surface area contributed by atoms with E-state index in [-0.39, 0.29) is 6.04 Å². The van der Waals surface area contributed by atoms with Crippen LogP contribution in [0.2, 0.25) is 0 Å². The van der Waals surface area contributed by atoms with E-state index in [1.165, 1.54) is 69.5 Å². The van der Waals surface area contributed by atoms with Crippen LogP contribution in [0.25, 0.3) is 0 Å². The molecule has 3 rings (SSSR count). The van der Waals surface area contributed by atoms with Crippen LogP contribution in [0.15, 0.2) is 29.3 Å². The van der Waals surface area contributed by atoms with Crippen molar-refractivity contribution in [3.8, 4) is 0 Å². The predicted molar refractivity (Wildman–Crippen MR) is 120 cm³/mol. The number of hydrogen-bond acceptors (Lipinski definition) is 3. The number of rotatable bonds is 7. The molecule has 2 fully saturated rings. The van der Waals surface area contributed by atoms with Crippen LogP contribution in [-0.4, -0.2) is 57.2 Å². The largest absolute Gasteiger partial charge is 0.372 e. The third-order valence-electron chi connectivity index (χ3n) is 6.18. The van der Waals surface area contributed by atoms with Crippen molar-refractivity contribution >= 4 is 11.6 Å². The van der Waals surface area contributed by atoms with Gasteiger partial charge in [-0.05, 0) is 89.7 Å². The number of nitrogens with zero attached hydrogens (tertiary/aromatic N) is 3. The van der Waals surface area contributed by atoms with Crippen LogP contribution in [0.5, 0.6) is 0 Å². The van der Waals surface area contributed by atoms with Crippen molar-refractivity contribution in [1.29, 1.82) is 0 Å². The lowest BCUT2D eigenvalue weighted by atomic mass is 9.94. The normalized spacial score (nSPS) is 20.4. The molecule has 28 heavy (non-hydrogen) atoms. The summed E-state index contributed by atoms with van der Waals surface area (Å²) in [5.41, 5.74) is 2.68. The van der Waals surface area contributed by atoms with Crippen molar-refractivity contribution < 1.29 is 0 Å². The van der Waals surface area contributed by atoms with Crippen LogP contribution in [0.1, 0.15) is 57.6 Å². The molecular weight excluding hydrogens is 346 g/mol. The highest BCUT2D eigenvalue weighted by Crippen LogP contribution is 2.24. The maximum Gasteiger partial charge on any atom is 0.191 e. The number of guanidine groups is 1. The van der Waals surface area contributed by atoms with Gasteiger partial charge in [-0.3, -0.25) is 4.99 Å². The molecule has 0 aliphatic carbocycles. The standard InChI is InChI=1S/C23H39N5/c1-4-24-23(25-13-10-20-11-16-27(3)17-12-20)26-19(2)21-8-7-9-22(18-21)28-14-5-6-15-28/h7-9,18-20H,4-6,10-17H2,1-3H3,(H2,24,25,26). The summed E-state index contributed by atoms with van der Waals surface area (Å²) < 4.78 is 0. The van der Waals surface area contributed by atoms with Gasteiger partial charge in [0.2, 0.25) is 0 Å². The van der Waals surface area contributed by atoms with Crippen LogP contribution in [0.3, 0.4) is 0 Å². The Hall–Kier alpha value is -1.75. The molecule has 5 heteroatoms. The molecule has 1 unspecified atom stereocenters. The molecule has 2 aliphatic heterocycles. The number of anilines is 1. The molecule has 0 spiro atoms. The van der Waals surface area contributed by atoms with Gasteiger partial charge in [-0.15, -0.1) is 0 Å². The Morgan fingerprint density at radius 2 is 1.93 bits per heavy atom. The zero-order chi connectivity index (χ0) is 19.8. The lowest BCUT2D eigenvalue weighted by Crippen LogP contribution is -2.39. The fraction of sp³-hybridized carbons (Fsp3) is 0.696. The number of piperidine rings is 1. The minimum absolute atomic E-state index is 0.240. The maximum atomic E-state index is 4.86. The first-order valence-corrected chi connectivity index (χ1v) is 11.2. The highest BCUT2D eigenvalue weighted by molar-refractivity contribution is 5.80. The van der Waals surface area contributed by atoms with E-state index in [2.05, 4.69) is 65.6 Å². The Balaban J connectivity index is 1.54. The van der Waals surface area contributed by atoms with Gasteiger partial charge in [-0.1, -0.05) is 12.1 Å². The molecular formula is C23H39N5. The first-order valence-electron chi connectivity index (χ1n) is 11.2. The molecule has 0 radical (unpaired) electrons. The van der Waals surface area contributed by atoms with Crippen LogP contribution in [0, 0.1) is 5.92 Å². The van der Waals surface area contributed by atoms with Crippen LogP contribution in [-0.2, 0) is 0 Å². The number of hydrogen-bond donors (Lipinski definition) is 2. The SMILES string of the molecule is CCNC(=NCCC1CCN(C)CC1)NC(C)c1cccc(N2CCCC2)c1. The molecule has 2 N–H and O–H groups in total. The number of likely N-dealkylation sites (tertiary alicyclic amines) is 1. The van der Waals surface area contributed by atoms with Gasteiger partial charge in [0.25, 0.3) is 0 Å². The van der Waals surface area contributed by atoms with Crippen molar-refractivity contribution in [3.63, 3.8) is 0 Å². The minimum atomic E-state index is 0.240. The fourth-order valence-electron chi connectivity index (χ4n) is 4.28. The van der Waals surface area contributed by atoms with Crippen molar-refractivity contribution in [2.75, 3.05) is 51.2 Å². The van der Waals surface area contributed by atoms with Crippen LogP contribution >= 0.6 is 0 Å². The fourth-order valence-corrected chi connectivity index (χ4v) is 4.28. The lowest BCUT2D eigenvalue weighted by Gasteiger charge is -2.28. The Morgan fingerprint density at radius 1 is 1.18 bits per heavy atom. The van der Waals surface area contributed by atoms with Crippen molar-refractivity contribution in [2.24, 2.45) is 10.9 Å². The topological polar surface area (TPSA) is 42.9 Å². The summed E-state index contributed by atoms with van der Waals surface area (Å²) in [5, 5.41) is 7.03. The molecule has 0 saturated carbocycles. The predicted octanol–water partition coefficient (Wildman–Crippen LogP) is 3.63. The highest BCUT2D eigenvalue weighted by atomic mass is 15.2. The third-order valence-corrected chi connectivity index (χ3v) is 6.18. The molecule has 1 aromatic carbocycles. The van der Waals surface area contributed by atoms with Gasteiger partial charge >= 0.3 is 0 Å². The molecule has 1 atom stereocenters. The van der Waals surface area contributed by atoms with Crippen LogP contribution in [0.4, 0.5) is 5.69 Å². The molecule has 0 bridgehead atoms. The summed E-state index contributed by atoms with van der Waals surface area (Å²) in [7, 11) is 2.22. The van der Waals surface area contributed by atoms with E-state index in [1.807, 2.05) is 0 Å². The van der Waals surface area contributed by atoms with Gasteiger partial charge in [0.15, 0.2) is 5.96 Å². The number of aliphatic imine (C=N–C) groups is 1. The summed E-state index contributed by atoms with van der Waals surface area (Å²) in [6, 6.07) is 9.22. The van der Waals surface area contributed by atoms with Gasteiger partial charge in [-0.2, -0.15) is 0 Å². The monoisotopic (exact) mass is 385 g/mol. The van der Waals surface area contributed by atoms with E-state index in [9.17, 15) is 0 Å².